The lowest BCUT2D eigenvalue weighted by molar-refractivity contribution is 0.723. The fourth-order valence-electron chi connectivity index (χ4n) is 3.40. The number of para-hydroxylation sites is 1. The van der Waals surface area contributed by atoms with Crippen LogP contribution < -0.4 is 5.56 Å². The second kappa shape index (κ2) is 5.41. The van der Waals surface area contributed by atoms with Crippen molar-refractivity contribution in [3.63, 3.8) is 0 Å². The molecule has 110 valence electrons. The topological polar surface area (TPSA) is 45.8 Å². The predicted molar refractivity (Wildman–Crippen MR) is 89.0 cm³/mol. The minimum Gasteiger partial charge on any atom is -0.306 e. The van der Waals surface area contributed by atoms with Gasteiger partial charge in [0.15, 0.2) is 0 Å². The predicted octanol–water partition coefficient (Wildman–Crippen LogP) is 4.25. The summed E-state index contributed by atoms with van der Waals surface area (Å²) < 4.78 is 0. The van der Waals surface area contributed by atoms with Crippen molar-refractivity contribution in [1.29, 1.82) is 0 Å². The Hall–Kier alpha value is -2.42. The van der Waals surface area contributed by atoms with Gasteiger partial charge in [-0.15, -0.1) is 0 Å². The van der Waals surface area contributed by atoms with Gasteiger partial charge in [-0.05, 0) is 36.5 Å². The van der Waals surface area contributed by atoms with Gasteiger partial charge in [0.1, 0.15) is 5.82 Å². The molecule has 3 nitrogen and oxygen atoms in total. The Morgan fingerprint density at radius 1 is 0.955 bits per heavy atom. The number of nitrogens with zero attached hydrogens (tertiary/aromatic N) is 1. The number of benzene rings is 2. The molecular weight excluding hydrogens is 272 g/mol. The van der Waals surface area contributed by atoms with Gasteiger partial charge in [-0.2, -0.15) is 0 Å². The van der Waals surface area contributed by atoms with E-state index in [4.69, 9.17) is 0 Å². The first kappa shape index (κ1) is 13.3. The van der Waals surface area contributed by atoms with Crippen LogP contribution in [0.3, 0.4) is 0 Å². The lowest BCUT2D eigenvalue weighted by Crippen LogP contribution is -2.09. The van der Waals surface area contributed by atoms with E-state index in [0.717, 1.165) is 11.1 Å². The standard InChI is InChI=1S/C19H18N2O/c22-19-16-7-3-4-8-17(16)20-18(21-19)15-11-9-14(10-12-15)13-5-1-2-6-13/h3-4,7-13H,1-2,5-6H2,(H,20,21,22). The summed E-state index contributed by atoms with van der Waals surface area (Å²) in [5.74, 6) is 1.35. The highest BCUT2D eigenvalue weighted by Gasteiger charge is 2.16. The summed E-state index contributed by atoms with van der Waals surface area (Å²) in [6.45, 7) is 0. The normalized spacial score (nSPS) is 15.5. The van der Waals surface area contributed by atoms with Gasteiger partial charge >= 0.3 is 0 Å². The second-order valence-electron chi connectivity index (χ2n) is 6.04. The number of H-pyrrole nitrogens is 1. The van der Waals surface area contributed by atoms with E-state index in [0.29, 0.717) is 17.1 Å². The molecule has 0 aliphatic heterocycles. The van der Waals surface area contributed by atoms with Gasteiger partial charge in [0.05, 0.1) is 10.9 Å². The van der Waals surface area contributed by atoms with E-state index in [9.17, 15) is 4.79 Å². The largest absolute Gasteiger partial charge is 0.306 e. The first-order valence-electron chi connectivity index (χ1n) is 7.91. The van der Waals surface area contributed by atoms with Gasteiger partial charge in [0.25, 0.3) is 5.56 Å². The van der Waals surface area contributed by atoms with Crippen LogP contribution in [0.4, 0.5) is 0 Å². The smallest absolute Gasteiger partial charge is 0.259 e. The molecule has 0 atom stereocenters. The summed E-state index contributed by atoms with van der Waals surface area (Å²) in [6, 6.07) is 15.9. The van der Waals surface area contributed by atoms with Crippen LogP contribution in [-0.2, 0) is 0 Å². The molecule has 1 fully saturated rings. The number of aromatic nitrogens is 2. The summed E-state index contributed by atoms with van der Waals surface area (Å²) in [7, 11) is 0. The fraction of sp³-hybridized carbons (Fsp3) is 0.263. The lowest BCUT2D eigenvalue weighted by atomic mass is 9.96. The molecule has 0 bridgehead atoms. The Labute approximate surface area is 129 Å². The molecule has 1 saturated carbocycles. The first-order chi connectivity index (χ1) is 10.8. The molecule has 3 aromatic rings. The van der Waals surface area contributed by atoms with Crippen LogP contribution >= 0.6 is 0 Å². The Bertz CT molecular complexity index is 858. The van der Waals surface area contributed by atoms with Crippen LogP contribution in [0.25, 0.3) is 22.3 Å². The Balaban J connectivity index is 1.73. The number of hydrogen-bond acceptors (Lipinski definition) is 2. The Morgan fingerprint density at radius 3 is 2.45 bits per heavy atom. The molecule has 0 radical (unpaired) electrons. The summed E-state index contributed by atoms with van der Waals surface area (Å²) in [4.78, 5) is 19.6. The Kier molecular flexibility index (Phi) is 3.26. The molecule has 3 heteroatoms. The van der Waals surface area contributed by atoms with E-state index in [-0.39, 0.29) is 5.56 Å². The van der Waals surface area contributed by atoms with Crippen molar-refractivity contribution in [1.82, 2.24) is 9.97 Å². The van der Waals surface area contributed by atoms with Crippen LogP contribution in [-0.4, -0.2) is 9.97 Å². The van der Waals surface area contributed by atoms with Gasteiger partial charge in [0, 0.05) is 5.56 Å². The van der Waals surface area contributed by atoms with Crippen molar-refractivity contribution >= 4 is 10.9 Å². The van der Waals surface area contributed by atoms with Crippen molar-refractivity contribution in [3.05, 3.63) is 64.4 Å². The van der Waals surface area contributed by atoms with E-state index in [2.05, 4.69) is 34.2 Å². The molecule has 1 aromatic heterocycles. The zero-order valence-corrected chi connectivity index (χ0v) is 12.4. The number of nitrogens with one attached hydrogen (secondary N) is 1. The number of aromatic amines is 1. The van der Waals surface area contributed by atoms with E-state index >= 15 is 0 Å². The molecule has 22 heavy (non-hydrogen) atoms. The molecule has 0 amide bonds. The molecule has 0 spiro atoms. The Morgan fingerprint density at radius 2 is 1.68 bits per heavy atom. The van der Waals surface area contributed by atoms with Crippen molar-refractivity contribution in [3.8, 4) is 11.4 Å². The number of hydrogen-bond donors (Lipinski definition) is 1. The molecular formula is C19H18N2O. The highest BCUT2D eigenvalue weighted by molar-refractivity contribution is 5.79. The fourth-order valence-corrected chi connectivity index (χ4v) is 3.40. The monoisotopic (exact) mass is 290 g/mol. The molecule has 1 heterocycles. The maximum absolute atomic E-state index is 12.2. The highest BCUT2D eigenvalue weighted by Crippen LogP contribution is 2.34. The van der Waals surface area contributed by atoms with Crippen molar-refractivity contribution < 1.29 is 0 Å². The SMILES string of the molecule is O=c1[nH]c(-c2ccc(C3CCCC3)cc2)nc2ccccc12. The third-order valence-corrected chi connectivity index (χ3v) is 4.62. The molecule has 1 aliphatic rings. The van der Waals surface area contributed by atoms with Crippen LogP contribution in [0.15, 0.2) is 53.3 Å². The minimum atomic E-state index is -0.0829. The maximum Gasteiger partial charge on any atom is 0.259 e. The van der Waals surface area contributed by atoms with Crippen molar-refractivity contribution in [2.24, 2.45) is 0 Å². The van der Waals surface area contributed by atoms with Crippen LogP contribution in [0, 0.1) is 0 Å². The van der Waals surface area contributed by atoms with E-state index in [1.54, 1.807) is 6.07 Å². The lowest BCUT2D eigenvalue weighted by Gasteiger charge is -2.10. The number of fused-ring (bicyclic) bond motifs is 1. The summed E-state index contributed by atoms with van der Waals surface area (Å²) in [6.07, 6.45) is 5.27. The molecule has 1 N–H and O–H groups in total. The zero-order chi connectivity index (χ0) is 14.9. The van der Waals surface area contributed by atoms with E-state index in [1.807, 2.05) is 18.2 Å². The van der Waals surface area contributed by atoms with Gasteiger partial charge in [-0.25, -0.2) is 4.98 Å². The second-order valence-corrected chi connectivity index (χ2v) is 6.04. The van der Waals surface area contributed by atoms with Gasteiger partial charge in [-0.1, -0.05) is 49.2 Å². The number of rotatable bonds is 2. The average molecular weight is 290 g/mol. The molecule has 2 aromatic carbocycles. The molecule has 0 unspecified atom stereocenters. The molecule has 4 rings (SSSR count). The van der Waals surface area contributed by atoms with Crippen molar-refractivity contribution in [2.45, 2.75) is 31.6 Å². The van der Waals surface area contributed by atoms with Crippen LogP contribution in [0.1, 0.15) is 37.2 Å². The summed E-state index contributed by atoms with van der Waals surface area (Å²) in [5.41, 5.74) is 3.02. The average Bonchev–Trinajstić information content (AvgIpc) is 3.09. The van der Waals surface area contributed by atoms with Gasteiger partial charge in [0.2, 0.25) is 0 Å². The minimum absolute atomic E-state index is 0.0829. The highest BCUT2D eigenvalue weighted by atomic mass is 16.1. The quantitative estimate of drug-likeness (QED) is 0.767. The first-order valence-corrected chi connectivity index (χ1v) is 7.91. The maximum atomic E-state index is 12.2. The van der Waals surface area contributed by atoms with Crippen LogP contribution in [0.2, 0.25) is 0 Å². The molecule has 1 aliphatic carbocycles. The summed E-state index contributed by atoms with van der Waals surface area (Å²) >= 11 is 0. The van der Waals surface area contributed by atoms with E-state index in [1.165, 1.54) is 31.2 Å². The van der Waals surface area contributed by atoms with Gasteiger partial charge in [-0.3, -0.25) is 4.79 Å². The van der Waals surface area contributed by atoms with Gasteiger partial charge < -0.3 is 4.98 Å². The summed E-state index contributed by atoms with van der Waals surface area (Å²) in [5, 5.41) is 0.633. The third kappa shape index (κ3) is 2.33. The van der Waals surface area contributed by atoms with E-state index < -0.39 is 0 Å². The molecule has 0 saturated heterocycles. The zero-order valence-electron chi connectivity index (χ0n) is 12.4. The van der Waals surface area contributed by atoms with Crippen molar-refractivity contribution in [2.75, 3.05) is 0 Å². The van der Waals surface area contributed by atoms with Crippen LogP contribution in [0.5, 0.6) is 0 Å². The third-order valence-electron chi connectivity index (χ3n) is 4.62.